The summed E-state index contributed by atoms with van der Waals surface area (Å²) in [4.78, 5) is 31.4. The van der Waals surface area contributed by atoms with Crippen molar-refractivity contribution in [3.8, 4) is 22.1 Å². The van der Waals surface area contributed by atoms with Crippen molar-refractivity contribution in [3.05, 3.63) is 77.6 Å². The van der Waals surface area contributed by atoms with Gasteiger partial charge in [-0.3, -0.25) is 4.79 Å². The van der Waals surface area contributed by atoms with Gasteiger partial charge in [0.1, 0.15) is 33.4 Å². The molecular weight excluding hydrogens is 637 g/mol. The van der Waals surface area contributed by atoms with Gasteiger partial charge in [0.25, 0.3) is 5.91 Å². The second-order valence-electron chi connectivity index (χ2n) is 11.5. The molecule has 1 saturated heterocycles. The maximum atomic E-state index is 15.0. The van der Waals surface area contributed by atoms with Crippen LogP contribution in [0.4, 0.5) is 29.3 Å². The summed E-state index contributed by atoms with van der Waals surface area (Å²) in [5.41, 5.74) is -1.39. The van der Waals surface area contributed by atoms with Crippen LogP contribution in [0.25, 0.3) is 10.6 Å². The van der Waals surface area contributed by atoms with E-state index in [1.807, 2.05) is 0 Å². The first kappa shape index (κ1) is 33.6. The van der Waals surface area contributed by atoms with Gasteiger partial charge in [-0.05, 0) is 57.5 Å². The number of nitrogens with zero attached hydrogens (tertiary/aromatic N) is 4. The number of alkyl carbamates (subject to hydrolysis) is 1. The first-order valence-electron chi connectivity index (χ1n) is 14.7. The van der Waals surface area contributed by atoms with Crippen molar-refractivity contribution >= 4 is 34.7 Å². The van der Waals surface area contributed by atoms with Gasteiger partial charge in [-0.1, -0.05) is 18.2 Å². The topological polar surface area (TPSA) is 128 Å². The zero-order valence-electron chi connectivity index (χ0n) is 25.8. The molecule has 2 amide bonds. The molecule has 1 aliphatic heterocycles. The van der Waals surface area contributed by atoms with E-state index in [0.717, 1.165) is 0 Å². The minimum Gasteiger partial charge on any atom is -0.457 e. The number of benzene rings is 2. The van der Waals surface area contributed by atoms with Crippen LogP contribution in [-0.2, 0) is 15.7 Å². The van der Waals surface area contributed by atoms with Gasteiger partial charge in [-0.15, -0.1) is 11.3 Å². The van der Waals surface area contributed by atoms with E-state index in [9.17, 15) is 22.8 Å². The number of ether oxygens (including phenoxy) is 3. The average Bonchev–Trinajstić information content (AvgIpc) is 3.52. The highest BCUT2D eigenvalue weighted by Gasteiger charge is 2.41. The van der Waals surface area contributed by atoms with Crippen molar-refractivity contribution < 1.29 is 37.0 Å². The molecule has 248 valence electrons. The van der Waals surface area contributed by atoms with Crippen LogP contribution < -0.4 is 20.3 Å². The third-order valence-electron chi connectivity index (χ3n) is 6.80. The number of morpholine rings is 1. The molecule has 4 aromatic rings. The Balaban J connectivity index is 1.45. The molecule has 0 saturated carbocycles. The Hall–Kier alpha value is -4.76. The molecule has 3 heterocycles. The molecule has 1 aliphatic rings. The van der Waals surface area contributed by atoms with E-state index < -0.39 is 41.2 Å². The van der Waals surface area contributed by atoms with Gasteiger partial charge in [-0.25, -0.2) is 9.78 Å². The van der Waals surface area contributed by atoms with Crippen LogP contribution in [0, 0.1) is 0 Å². The summed E-state index contributed by atoms with van der Waals surface area (Å²) in [6.45, 7) is 5.67. The molecule has 2 aromatic carbocycles. The molecule has 11 nitrogen and oxygen atoms in total. The molecule has 1 fully saturated rings. The molecule has 5 rings (SSSR count). The first-order chi connectivity index (χ1) is 22.4. The lowest BCUT2D eigenvalue weighted by atomic mass is 10.1. The minimum atomic E-state index is -4.87. The summed E-state index contributed by atoms with van der Waals surface area (Å²) in [5, 5.41) is 14.9. The van der Waals surface area contributed by atoms with Crippen LogP contribution in [0.2, 0.25) is 0 Å². The standard InChI is InChI=1S/C32H33F3N6O5S/c1-31(2,3)46-30(43)36-13-12-22-18-41(15-16-44-22)27-23(39-28(42)24-19-47-29(40-24)20-11-14-37-38-17-20)9-10-25(26(27)32(33,34)35)45-21-7-5-4-6-8-21/h4-11,14,17,19,22H,12-13,15-16,18H2,1-3H3,(H,36,43)(H,39,42)/t22-/m1/s1. The molecule has 2 N–H and O–H groups in total. The summed E-state index contributed by atoms with van der Waals surface area (Å²) in [6.07, 6.45) is -2.71. The number of rotatable bonds is 9. The highest BCUT2D eigenvalue weighted by Crippen LogP contribution is 2.48. The number of hydrogen-bond donors (Lipinski definition) is 2. The third kappa shape index (κ3) is 8.95. The fourth-order valence-corrected chi connectivity index (χ4v) is 5.63. The van der Waals surface area contributed by atoms with Crippen molar-refractivity contribution in [2.24, 2.45) is 0 Å². The number of carbonyl (C=O) groups excluding carboxylic acids is 2. The fourth-order valence-electron chi connectivity index (χ4n) is 4.84. The van der Waals surface area contributed by atoms with Gasteiger partial charge in [-0.2, -0.15) is 23.4 Å². The second-order valence-corrected chi connectivity index (χ2v) is 12.4. The summed E-state index contributed by atoms with van der Waals surface area (Å²) in [5.74, 6) is -0.895. The van der Waals surface area contributed by atoms with Crippen molar-refractivity contribution in [2.75, 3.05) is 36.5 Å². The number of amides is 2. The lowest BCUT2D eigenvalue weighted by molar-refractivity contribution is -0.138. The van der Waals surface area contributed by atoms with Gasteiger partial charge >= 0.3 is 12.3 Å². The molecule has 15 heteroatoms. The Morgan fingerprint density at radius 2 is 1.87 bits per heavy atom. The van der Waals surface area contributed by atoms with E-state index in [-0.39, 0.29) is 49.1 Å². The monoisotopic (exact) mass is 670 g/mol. The van der Waals surface area contributed by atoms with Crippen LogP contribution in [0.1, 0.15) is 43.2 Å². The molecule has 47 heavy (non-hydrogen) atoms. The van der Waals surface area contributed by atoms with E-state index in [0.29, 0.717) is 17.0 Å². The summed E-state index contributed by atoms with van der Waals surface area (Å²) in [6, 6.07) is 12.4. The molecule has 1 atom stereocenters. The van der Waals surface area contributed by atoms with E-state index in [4.69, 9.17) is 14.2 Å². The molecule has 0 aliphatic carbocycles. The molecule has 0 radical (unpaired) electrons. The van der Waals surface area contributed by atoms with E-state index in [1.165, 1.54) is 46.1 Å². The third-order valence-corrected chi connectivity index (χ3v) is 7.69. The van der Waals surface area contributed by atoms with E-state index in [2.05, 4.69) is 25.8 Å². The van der Waals surface area contributed by atoms with Crippen molar-refractivity contribution in [2.45, 2.75) is 45.1 Å². The Morgan fingerprint density at radius 3 is 2.57 bits per heavy atom. The largest absolute Gasteiger partial charge is 0.457 e. The number of carbonyl (C=O) groups is 2. The van der Waals surface area contributed by atoms with Crippen LogP contribution >= 0.6 is 11.3 Å². The molecule has 0 bridgehead atoms. The second kappa shape index (κ2) is 14.3. The van der Waals surface area contributed by atoms with E-state index >= 15 is 0 Å². The molecule has 0 spiro atoms. The van der Waals surface area contributed by atoms with Crippen molar-refractivity contribution in [3.63, 3.8) is 0 Å². The Labute approximate surface area is 273 Å². The Morgan fingerprint density at radius 1 is 1.09 bits per heavy atom. The highest BCUT2D eigenvalue weighted by atomic mass is 32.1. The van der Waals surface area contributed by atoms with Gasteiger partial charge in [0.15, 0.2) is 0 Å². The number of hydrogen-bond acceptors (Lipinski definition) is 10. The number of nitrogens with one attached hydrogen (secondary N) is 2. The Bertz CT molecular complexity index is 1680. The van der Waals surface area contributed by atoms with Gasteiger partial charge in [0, 0.05) is 30.6 Å². The van der Waals surface area contributed by atoms with Crippen molar-refractivity contribution in [1.29, 1.82) is 0 Å². The summed E-state index contributed by atoms with van der Waals surface area (Å²) in [7, 11) is 0. The first-order valence-corrected chi connectivity index (χ1v) is 15.6. The lowest BCUT2D eigenvalue weighted by Crippen LogP contribution is -2.45. The Kier molecular flexibility index (Phi) is 10.3. The number of anilines is 2. The smallest absolute Gasteiger partial charge is 0.422 e. The van der Waals surface area contributed by atoms with Gasteiger partial charge < -0.3 is 29.7 Å². The highest BCUT2D eigenvalue weighted by molar-refractivity contribution is 7.13. The quantitative estimate of drug-likeness (QED) is 0.198. The maximum absolute atomic E-state index is 15.0. The normalized spacial score (nSPS) is 15.2. The number of alkyl halides is 3. The van der Waals surface area contributed by atoms with Crippen LogP contribution in [-0.4, -0.2) is 65.1 Å². The molecule has 0 unspecified atom stereocenters. The summed E-state index contributed by atoms with van der Waals surface area (Å²) < 4.78 is 61.8. The van der Waals surface area contributed by atoms with Crippen LogP contribution in [0.5, 0.6) is 11.5 Å². The van der Waals surface area contributed by atoms with Crippen molar-refractivity contribution in [1.82, 2.24) is 20.5 Å². The number of aromatic nitrogens is 3. The number of para-hydroxylation sites is 1. The molecular formula is C32H33F3N6O5S. The van der Waals surface area contributed by atoms with Gasteiger partial charge in [0.2, 0.25) is 0 Å². The average molecular weight is 671 g/mol. The number of thiazole rings is 1. The fraction of sp³-hybridized carbons (Fsp3) is 0.344. The maximum Gasteiger partial charge on any atom is 0.422 e. The summed E-state index contributed by atoms with van der Waals surface area (Å²) >= 11 is 1.19. The zero-order valence-corrected chi connectivity index (χ0v) is 26.7. The van der Waals surface area contributed by atoms with Crippen LogP contribution in [0.3, 0.4) is 0 Å². The lowest BCUT2D eigenvalue weighted by Gasteiger charge is -2.37. The predicted octanol–water partition coefficient (Wildman–Crippen LogP) is 6.78. The van der Waals surface area contributed by atoms with E-state index in [1.54, 1.807) is 57.2 Å². The minimum absolute atomic E-state index is 0.0269. The predicted molar refractivity (Wildman–Crippen MR) is 170 cm³/mol. The van der Waals surface area contributed by atoms with Gasteiger partial charge in [0.05, 0.1) is 36.5 Å². The molecule has 2 aromatic heterocycles. The zero-order chi connectivity index (χ0) is 33.6. The van der Waals surface area contributed by atoms with Crippen LogP contribution in [0.15, 0.2) is 66.3 Å². The number of halogens is 3. The SMILES string of the molecule is CC(C)(C)OC(=O)NCC[C@@H]1CN(c2c(NC(=O)c3csc(-c4ccnnc4)n3)ccc(Oc3ccccc3)c2C(F)(F)F)CCO1.